The van der Waals surface area contributed by atoms with Crippen LogP contribution in [0.3, 0.4) is 0 Å². The van der Waals surface area contributed by atoms with E-state index in [-0.39, 0.29) is 5.41 Å². The van der Waals surface area contributed by atoms with Gasteiger partial charge in [0.2, 0.25) is 0 Å². The Morgan fingerprint density at radius 2 is 1.92 bits per heavy atom. The minimum absolute atomic E-state index is 0.256. The molecule has 1 nitrogen and oxygen atoms in total. The van der Waals surface area contributed by atoms with Gasteiger partial charge in [0.1, 0.15) is 0 Å². The van der Waals surface area contributed by atoms with Crippen LogP contribution in [0, 0.1) is 11.3 Å². The highest BCUT2D eigenvalue weighted by Crippen LogP contribution is 2.29. The highest BCUT2D eigenvalue weighted by Gasteiger charge is 2.22. The molecule has 0 radical (unpaired) electrons. The number of hydrogen-bond donors (Lipinski definition) is 1. The molecule has 0 fully saturated rings. The summed E-state index contributed by atoms with van der Waals surface area (Å²) in [7, 11) is 0. The summed E-state index contributed by atoms with van der Waals surface area (Å²) in [6.45, 7) is 9.15. The van der Waals surface area contributed by atoms with Gasteiger partial charge in [-0.25, -0.2) is 0 Å². The highest BCUT2D eigenvalue weighted by atomic mass is 32.2. The molecule has 0 bridgehead atoms. The Labute approximate surface area is 87.3 Å². The van der Waals surface area contributed by atoms with Crippen molar-refractivity contribution >= 4 is 11.8 Å². The van der Waals surface area contributed by atoms with Gasteiger partial charge in [0.15, 0.2) is 0 Å². The topological polar surface area (TPSA) is 20.2 Å². The minimum Gasteiger partial charge on any atom is -0.396 e. The summed E-state index contributed by atoms with van der Waals surface area (Å²) in [6.07, 6.45) is 2.40. The second-order valence-electron chi connectivity index (χ2n) is 4.58. The zero-order valence-electron chi connectivity index (χ0n) is 9.47. The molecule has 0 amide bonds. The molecular weight excluding hydrogens is 180 g/mol. The molecule has 0 aromatic heterocycles. The number of aliphatic hydroxyl groups is 1. The van der Waals surface area contributed by atoms with E-state index in [4.69, 9.17) is 0 Å². The monoisotopic (exact) mass is 204 g/mol. The smallest absolute Gasteiger partial charge is 0.0464 e. The van der Waals surface area contributed by atoms with Gasteiger partial charge in [-0.2, -0.15) is 11.8 Å². The van der Waals surface area contributed by atoms with E-state index in [0.717, 1.165) is 6.42 Å². The van der Waals surface area contributed by atoms with Gasteiger partial charge < -0.3 is 5.11 Å². The summed E-state index contributed by atoms with van der Waals surface area (Å²) in [5, 5.41) is 9.21. The predicted molar refractivity (Wildman–Crippen MR) is 62.3 cm³/mol. The van der Waals surface area contributed by atoms with Crippen LogP contribution in [-0.2, 0) is 0 Å². The van der Waals surface area contributed by atoms with Crippen LogP contribution in [0.5, 0.6) is 0 Å². The van der Waals surface area contributed by atoms with E-state index in [2.05, 4.69) is 27.7 Å². The molecule has 1 atom stereocenters. The molecule has 1 unspecified atom stereocenters. The molecule has 0 aromatic carbocycles. The van der Waals surface area contributed by atoms with Crippen LogP contribution in [0.15, 0.2) is 0 Å². The number of aliphatic hydroxyl groups excluding tert-OH is 1. The molecule has 1 N–H and O–H groups in total. The molecule has 13 heavy (non-hydrogen) atoms. The van der Waals surface area contributed by atoms with E-state index in [9.17, 15) is 5.11 Å². The van der Waals surface area contributed by atoms with Gasteiger partial charge >= 0.3 is 0 Å². The van der Waals surface area contributed by atoms with Gasteiger partial charge in [0, 0.05) is 6.61 Å². The van der Waals surface area contributed by atoms with Crippen molar-refractivity contribution in [3.63, 3.8) is 0 Å². The zero-order valence-corrected chi connectivity index (χ0v) is 10.3. The Kier molecular flexibility index (Phi) is 6.88. The second kappa shape index (κ2) is 6.72. The predicted octanol–water partition coefficient (Wildman–Crippen LogP) is 3.17. The quantitative estimate of drug-likeness (QED) is 0.671. The Morgan fingerprint density at radius 1 is 1.31 bits per heavy atom. The van der Waals surface area contributed by atoms with Crippen LogP contribution in [0.25, 0.3) is 0 Å². The van der Waals surface area contributed by atoms with Crippen molar-refractivity contribution in [1.82, 2.24) is 0 Å². The van der Waals surface area contributed by atoms with E-state index >= 15 is 0 Å². The average molecular weight is 204 g/mol. The maximum Gasteiger partial charge on any atom is 0.0464 e. The van der Waals surface area contributed by atoms with Crippen molar-refractivity contribution in [2.45, 2.75) is 40.5 Å². The third-order valence-electron chi connectivity index (χ3n) is 2.49. The van der Waals surface area contributed by atoms with Crippen LogP contribution in [0.1, 0.15) is 40.5 Å². The van der Waals surface area contributed by atoms with Crippen molar-refractivity contribution < 1.29 is 5.11 Å². The Bertz CT molecular complexity index is 118. The zero-order chi connectivity index (χ0) is 10.3. The summed E-state index contributed by atoms with van der Waals surface area (Å²) >= 11 is 1.99. The molecular formula is C11H24OS. The van der Waals surface area contributed by atoms with Gasteiger partial charge in [-0.15, -0.1) is 0 Å². The summed E-state index contributed by atoms with van der Waals surface area (Å²) in [4.78, 5) is 0. The molecule has 0 saturated carbocycles. The molecule has 0 rings (SSSR count). The normalized spacial score (nSPS) is 14.5. The third kappa shape index (κ3) is 6.39. The molecule has 0 aliphatic rings. The van der Waals surface area contributed by atoms with Gasteiger partial charge in [0.25, 0.3) is 0 Å². The fourth-order valence-corrected chi connectivity index (χ4v) is 2.03. The van der Waals surface area contributed by atoms with Crippen LogP contribution in [0.2, 0.25) is 0 Å². The van der Waals surface area contributed by atoms with E-state index in [0.29, 0.717) is 12.5 Å². The standard InChI is InChI=1S/C11H24OS/c1-5-13-8-6-7-10(9-12)11(2,3)4/h10,12H,5-9H2,1-4H3. The number of rotatable bonds is 6. The third-order valence-corrected chi connectivity index (χ3v) is 3.48. The number of thioether (sulfide) groups is 1. The second-order valence-corrected chi connectivity index (χ2v) is 5.98. The van der Waals surface area contributed by atoms with Crippen molar-refractivity contribution in [3.8, 4) is 0 Å². The van der Waals surface area contributed by atoms with Crippen molar-refractivity contribution in [3.05, 3.63) is 0 Å². The van der Waals surface area contributed by atoms with Crippen LogP contribution >= 0.6 is 11.8 Å². The first-order chi connectivity index (χ1) is 6.02. The van der Waals surface area contributed by atoms with Gasteiger partial charge in [0.05, 0.1) is 0 Å². The largest absolute Gasteiger partial charge is 0.396 e. The van der Waals surface area contributed by atoms with E-state index in [1.807, 2.05) is 11.8 Å². The molecule has 0 spiro atoms. The molecule has 2 heteroatoms. The molecule has 0 aliphatic carbocycles. The first-order valence-corrected chi connectivity index (χ1v) is 6.36. The molecule has 80 valence electrons. The van der Waals surface area contributed by atoms with Crippen molar-refractivity contribution in [2.75, 3.05) is 18.1 Å². The van der Waals surface area contributed by atoms with Crippen LogP contribution in [-0.4, -0.2) is 23.2 Å². The molecule has 0 aliphatic heterocycles. The Morgan fingerprint density at radius 3 is 2.31 bits per heavy atom. The Hall–Kier alpha value is 0.310. The summed E-state index contributed by atoms with van der Waals surface area (Å²) in [5.41, 5.74) is 0.256. The van der Waals surface area contributed by atoms with E-state index in [1.165, 1.54) is 17.9 Å². The summed E-state index contributed by atoms with van der Waals surface area (Å²) < 4.78 is 0. The van der Waals surface area contributed by atoms with E-state index < -0.39 is 0 Å². The van der Waals surface area contributed by atoms with Crippen LogP contribution in [0.4, 0.5) is 0 Å². The van der Waals surface area contributed by atoms with Crippen molar-refractivity contribution in [1.29, 1.82) is 0 Å². The lowest BCUT2D eigenvalue weighted by molar-refractivity contribution is 0.123. The minimum atomic E-state index is 0.256. The SMILES string of the molecule is CCSCCCC(CO)C(C)(C)C. The average Bonchev–Trinajstić information content (AvgIpc) is 2.02. The summed E-state index contributed by atoms with van der Waals surface area (Å²) in [6, 6.07) is 0. The highest BCUT2D eigenvalue weighted by molar-refractivity contribution is 7.99. The maximum absolute atomic E-state index is 9.21. The van der Waals surface area contributed by atoms with Crippen molar-refractivity contribution in [2.24, 2.45) is 11.3 Å². The number of hydrogen-bond acceptors (Lipinski definition) is 2. The fourth-order valence-electron chi connectivity index (χ4n) is 1.37. The van der Waals surface area contributed by atoms with E-state index in [1.54, 1.807) is 0 Å². The van der Waals surface area contributed by atoms with Gasteiger partial charge in [-0.05, 0) is 35.7 Å². The first kappa shape index (κ1) is 13.3. The Balaban J connectivity index is 3.61. The van der Waals surface area contributed by atoms with Gasteiger partial charge in [-0.3, -0.25) is 0 Å². The first-order valence-electron chi connectivity index (χ1n) is 5.21. The molecule has 0 saturated heterocycles. The lowest BCUT2D eigenvalue weighted by Gasteiger charge is -2.28. The maximum atomic E-state index is 9.21. The molecule has 0 heterocycles. The lowest BCUT2D eigenvalue weighted by atomic mass is 9.79. The van der Waals surface area contributed by atoms with Gasteiger partial charge in [-0.1, -0.05) is 27.7 Å². The fraction of sp³-hybridized carbons (Fsp3) is 1.00. The molecule has 0 aromatic rings. The summed E-state index contributed by atoms with van der Waals surface area (Å²) in [5.74, 6) is 2.91. The van der Waals surface area contributed by atoms with Crippen LogP contribution < -0.4 is 0 Å². The lowest BCUT2D eigenvalue weighted by Crippen LogP contribution is -2.23.